The molecule has 2 rings (SSSR count). The SMILES string of the molecule is CCN1CCC2(CC(CN(C)C)C2)C1. The predicted octanol–water partition coefficient (Wildman–Crippen LogP) is 1.67. The van der Waals surface area contributed by atoms with E-state index in [1.54, 1.807) is 0 Å². The van der Waals surface area contributed by atoms with E-state index in [4.69, 9.17) is 0 Å². The monoisotopic (exact) mass is 196 g/mol. The van der Waals surface area contributed by atoms with Gasteiger partial charge in [-0.2, -0.15) is 0 Å². The molecular weight excluding hydrogens is 172 g/mol. The zero-order chi connectivity index (χ0) is 10.2. The Labute approximate surface area is 88.3 Å². The Bertz CT molecular complexity index is 194. The highest BCUT2D eigenvalue weighted by Gasteiger charge is 2.47. The molecule has 0 amide bonds. The molecule has 1 heterocycles. The third kappa shape index (κ3) is 1.96. The van der Waals surface area contributed by atoms with Gasteiger partial charge in [0.1, 0.15) is 0 Å². The number of hydrogen-bond acceptors (Lipinski definition) is 2. The molecule has 1 saturated heterocycles. The van der Waals surface area contributed by atoms with E-state index in [1.807, 2.05) is 0 Å². The van der Waals surface area contributed by atoms with Gasteiger partial charge in [0.15, 0.2) is 0 Å². The third-order valence-electron chi connectivity index (χ3n) is 4.03. The summed E-state index contributed by atoms with van der Waals surface area (Å²) in [5, 5.41) is 0. The van der Waals surface area contributed by atoms with Crippen molar-refractivity contribution >= 4 is 0 Å². The lowest BCUT2D eigenvalue weighted by Crippen LogP contribution is -2.43. The molecule has 0 bridgehead atoms. The van der Waals surface area contributed by atoms with Gasteiger partial charge in [0.05, 0.1) is 0 Å². The van der Waals surface area contributed by atoms with E-state index >= 15 is 0 Å². The van der Waals surface area contributed by atoms with Crippen LogP contribution in [0.3, 0.4) is 0 Å². The highest BCUT2D eigenvalue weighted by molar-refractivity contribution is 5.00. The second kappa shape index (κ2) is 3.82. The molecular formula is C12H24N2. The normalized spacial score (nSPS) is 38.1. The molecule has 82 valence electrons. The second-order valence-corrected chi connectivity index (χ2v) is 5.66. The molecule has 0 atom stereocenters. The van der Waals surface area contributed by atoms with Crippen molar-refractivity contribution in [2.75, 3.05) is 40.3 Å². The van der Waals surface area contributed by atoms with Gasteiger partial charge in [0.2, 0.25) is 0 Å². The fourth-order valence-electron chi connectivity index (χ4n) is 3.44. The fourth-order valence-corrected chi connectivity index (χ4v) is 3.44. The average Bonchev–Trinajstić information content (AvgIpc) is 2.47. The minimum atomic E-state index is 0.747. The molecule has 2 nitrogen and oxygen atoms in total. The molecule has 0 unspecified atom stereocenters. The lowest BCUT2D eigenvalue weighted by molar-refractivity contribution is 0.0470. The Hall–Kier alpha value is -0.0800. The van der Waals surface area contributed by atoms with Crippen LogP contribution < -0.4 is 0 Å². The van der Waals surface area contributed by atoms with E-state index < -0.39 is 0 Å². The van der Waals surface area contributed by atoms with Gasteiger partial charge in [0, 0.05) is 13.1 Å². The Morgan fingerprint density at radius 2 is 2.07 bits per heavy atom. The van der Waals surface area contributed by atoms with Crippen molar-refractivity contribution in [1.29, 1.82) is 0 Å². The zero-order valence-corrected chi connectivity index (χ0v) is 9.92. The Kier molecular flexibility index (Phi) is 2.85. The van der Waals surface area contributed by atoms with Gasteiger partial charge in [-0.1, -0.05) is 6.92 Å². The van der Waals surface area contributed by atoms with E-state index in [0.29, 0.717) is 0 Å². The molecule has 0 aromatic heterocycles. The second-order valence-electron chi connectivity index (χ2n) is 5.66. The summed E-state index contributed by atoms with van der Waals surface area (Å²) in [4.78, 5) is 4.95. The van der Waals surface area contributed by atoms with Gasteiger partial charge in [-0.05, 0) is 57.8 Å². The highest BCUT2D eigenvalue weighted by Crippen LogP contribution is 2.51. The van der Waals surface area contributed by atoms with Crippen LogP contribution in [0.15, 0.2) is 0 Å². The van der Waals surface area contributed by atoms with E-state index in [9.17, 15) is 0 Å². The molecule has 14 heavy (non-hydrogen) atoms. The van der Waals surface area contributed by atoms with Crippen molar-refractivity contribution in [3.05, 3.63) is 0 Å². The highest BCUT2D eigenvalue weighted by atomic mass is 15.2. The Morgan fingerprint density at radius 1 is 1.36 bits per heavy atom. The summed E-state index contributed by atoms with van der Waals surface area (Å²) in [5.74, 6) is 0.988. The molecule has 0 aromatic carbocycles. The largest absolute Gasteiger partial charge is 0.309 e. The molecule has 0 radical (unpaired) electrons. The van der Waals surface area contributed by atoms with Gasteiger partial charge < -0.3 is 9.80 Å². The first-order chi connectivity index (χ1) is 6.63. The van der Waals surface area contributed by atoms with Crippen LogP contribution in [0.5, 0.6) is 0 Å². The lowest BCUT2D eigenvalue weighted by atomic mass is 9.61. The Balaban J connectivity index is 1.76. The summed E-state index contributed by atoms with van der Waals surface area (Å²) in [6.07, 6.45) is 4.44. The van der Waals surface area contributed by atoms with Crippen LogP contribution in [0.4, 0.5) is 0 Å². The average molecular weight is 196 g/mol. The third-order valence-corrected chi connectivity index (χ3v) is 4.03. The minimum absolute atomic E-state index is 0.747. The summed E-state index contributed by atoms with van der Waals surface area (Å²) in [6, 6.07) is 0. The first kappa shape index (κ1) is 10.4. The molecule has 2 heteroatoms. The van der Waals surface area contributed by atoms with E-state index in [-0.39, 0.29) is 0 Å². The smallest absolute Gasteiger partial charge is 0.00386 e. The number of rotatable bonds is 3. The number of nitrogens with zero attached hydrogens (tertiary/aromatic N) is 2. The van der Waals surface area contributed by atoms with Crippen LogP contribution in [0.2, 0.25) is 0 Å². The predicted molar refractivity (Wildman–Crippen MR) is 60.4 cm³/mol. The van der Waals surface area contributed by atoms with E-state index in [0.717, 1.165) is 11.3 Å². The molecule has 1 aliphatic heterocycles. The summed E-state index contributed by atoms with van der Waals surface area (Å²) in [5.41, 5.74) is 0.747. The maximum absolute atomic E-state index is 2.62. The van der Waals surface area contributed by atoms with Gasteiger partial charge in [-0.15, -0.1) is 0 Å². The van der Waals surface area contributed by atoms with Crippen molar-refractivity contribution in [2.45, 2.75) is 26.2 Å². The van der Waals surface area contributed by atoms with Gasteiger partial charge >= 0.3 is 0 Å². The van der Waals surface area contributed by atoms with Gasteiger partial charge in [-0.25, -0.2) is 0 Å². The van der Waals surface area contributed by atoms with Crippen LogP contribution >= 0.6 is 0 Å². The summed E-state index contributed by atoms with van der Waals surface area (Å²) >= 11 is 0. The van der Waals surface area contributed by atoms with E-state index in [1.165, 1.54) is 45.4 Å². The van der Waals surface area contributed by atoms with Gasteiger partial charge in [-0.3, -0.25) is 0 Å². The first-order valence-electron chi connectivity index (χ1n) is 6.01. The molecule has 1 aliphatic carbocycles. The number of likely N-dealkylation sites (tertiary alicyclic amines) is 1. The summed E-state index contributed by atoms with van der Waals surface area (Å²) in [7, 11) is 4.38. The minimum Gasteiger partial charge on any atom is -0.309 e. The van der Waals surface area contributed by atoms with Crippen LogP contribution in [0.25, 0.3) is 0 Å². The summed E-state index contributed by atoms with van der Waals surface area (Å²) < 4.78 is 0. The van der Waals surface area contributed by atoms with Gasteiger partial charge in [0.25, 0.3) is 0 Å². The molecule has 2 aliphatic rings. The zero-order valence-electron chi connectivity index (χ0n) is 9.92. The maximum atomic E-state index is 2.62. The van der Waals surface area contributed by atoms with Crippen LogP contribution in [0.1, 0.15) is 26.2 Å². The lowest BCUT2D eigenvalue weighted by Gasteiger charge is -2.46. The quantitative estimate of drug-likeness (QED) is 0.677. The molecule has 2 fully saturated rings. The topological polar surface area (TPSA) is 6.48 Å². The van der Waals surface area contributed by atoms with Crippen LogP contribution in [0, 0.1) is 11.3 Å². The summed E-state index contributed by atoms with van der Waals surface area (Å²) in [6.45, 7) is 7.57. The molecule has 0 N–H and O–H groups in total. The van der Waals surface area contributed by atoms with Crippen molar-refractivity contribution < 1.29 is 0 Å². The van der Waals surface area contributed by atoms with Crippen molar-refractivity contribution in [2.24, 2.45) is 11.3 Å². The van der Waals surface area contributed by atoms with Crippen LogP contribution in [-0.4, -0.2) is 50.1 Å². The first-order valence-corrected chi connectivity index (χ1v) is 6.01. The number of hydrogen-bond donors (Lipinski definition) is 0. The Morgan fingerprint density at radius 3 is 2.57 bits per heavy atom. The molecule has 0 aromatic rings. The van der Waals surface area contributed by atoms with Crippen LogP contribution in [-0.2, 0) is 0 Å². The molecule has 1 spiro atoms. The van der Waals surface area contributed by atoms with Crippen molar-refractivity contribution in [3.8, 4) is 0 Å². The molecule has 1 saturated carbocycles. The maximum Gasteiger partial charge on any atom is 0.00386 e. The fraction of sp³-hybridized carbons (Fsp3) is 1.00. The van der Waals surface area contributed by atoms with Crippen molar-refractivity contribution in [1.82, 2.24) is 9.80 Å². The standard InChI is InChI=1S/C12H24N2/c1-4-14-6-5-12(10-14)7-11(8-12)9-13(2)3/h11H,4-10H2,1-3H3. The van der Waals surface area contributed by atoms with E-state index in [2.05, 4.69) is 30.8 Å². The van der Waals surface area contributed by atoms with Crippen molar-refractivity contribution in [3.63, 3.8) is 0 Å².